The first-order valence-electron chi connectivity index (χ1n) is 10.9. The monoisotopic (exact) mass is 464 g/mol. The molecule has 1 N–H and O–H groups in total. The molecule has 32 heavy (non-hydrogen) atoms. The summed E-state index contributed by atoms with van der Waals surface area (Å²) in [5.41, 5.74) is -0.0369. The number of nitrogens with zero attached hydrogens (tertiary/aromatic N) is 5. The van der Waals surface area contributed by atoms with Gasteiger partial charge in [0.2, 0.25) is 15.9 Å². The first-order valence-corrected chi connectivity index (χ1v) is 12.3. The number of hydrogen-bond donors (Lipinski definition) is 1. The zero-order valence-electron chi connectivity index (χ0n) is 19.3. The molecule has 11 heteroatoms. The molecule has 2 aromatic rings. The third-order valence-electron chi connectivity index (χ3n) is 5.04. The van der Waals surface area contributed by atoms with Crippen LogP contribution in [0.2, 0.25) is 0 Å². The fraction of sp³-hybridized carbons (Fsp3) is 0.619. The summed E-state index contributed by atoms with van der Waals surface area (Å²) in [6.45, 7) is 10.5. The summed E-state index contributed by atoms with van der Waals surface area (Å²) >= 11 is 0. The van der Waals surface area contributed by atoms with Gasteiger partial charge in [-0.2, -0.15) is 4.31 Å². The third kappa shape index (κ3) is 5.63. The van der Waals surface area contributed by atoms with Crippen LogP contribution in [0.1, 0.15) is 59.7 Å². The smallest absolute Gasteiger partial charge is 0.246 e. The largest absolute Gasteiger partial charge is 0.489 e. The fourth-order valence-electron chi connectivity index (χ4n) is 3.55. The minimum absolute atomic E-state index is 0.107. The molecule has 3 rings (SSSR count). The number of hydrogen-bond acceptors (Lipinski definition) is 7. The van der Waals surface area contributed by atoms with Gasteiger partial charge in [-0.15, -0.1) is 5.10 Å². The van der Waals surface area contributed by atoms with Crippen LogP contribution in [-0.2, 0) is 26.8 Å². The molecule has 1 fully saturated rings. The lowest BCUT2D eigenvalue weighted by atomic mass is 9.96. The van der Waals surface area contributed by atoms with E-state index in [1.165, 1.54) is 21.1 Å². The number of aromatic nitrogens is 4. The van der Waals surface area contributed by atoms with Crippen LogP contribution in [0.4, 0.5) is 5.69 Å². The van der Waals surface area contributed by atoms with Crippen LogP contribution in [0.15, 0.2) is 23.1 Å². The maximum atomic E-state index is 13.1. The molecule has 0 radical (unpaired) electrons. The number of sulfonamides is 1. The molecular weight excluding hydrogens is 432 g/mol. The van der Waals surface area contributed by atoms with Gasteiger partial charge in [0.15, 0.2) is 5.82 Å². The number of amides is 1. The van der Waals surface area contributed by atoms with Gasteiger partial charge in [-0.3, -0.25) is 4.79 Å². The molecular formula is C21H32N6O4S. The number of anilines is 1. The van der Waals surface area contributed by atoms with Crippen molar-refractivity contribution in [2.24, 2.45) is 0 Å². The van der Waals surface area contributed by atoms with E-state index in [-0.39, 0.29) is 28.9 Å². The molecule has 1 aliphatic heterocycles. The Labute approximate surface area is 189 Å². The number of benzene rings is 1. The van der Waals surface area contributed by atoms with Gasteiger partial charge in [-0.1, -0.05) is 27.2 Å². The van der Waals surface area contributed by atoms with Crippen molar-refractivity contribution in [3.8, 4) is 5.75 Å². The third-order valence-corrected chi connectivity index (χ3v) is 6.93. The summed E-state index contributed by atoms with van der Waals surface area (Å²) in [6.07, 6.45) is 2.57. The molecule has 1 saturated heterocycles. The van der Waals surface area contributed by atoms with Gasteiger partial charge >= 0.3 is 0 Å². The Morgan fingerprint density at radius 1 is 1.19 bits per heavy atom. The molecule has 10 nitrogen and oxygen atoms in total. The number of piperidine rings is 1. The van der Waals surface area contributed by atoms with Gasteiger partial charge in [0.1, 0.15) is 12.3 Å². The summed E-state index contributed by atoms with van der Waals surface area (Å²) in [7, 11) is -3.65. The lowest BCUT2D eigenvalue weighted by Crippen LogP contribution is -2.35. The lowest BCUT2D eigenvalue weighted by molar-refractivity contribution is -0.117. The minimum Gasteiger partial charge on any atom is -0.489 e. The number of tetrazole rings is 1. The Bertz CT molecular complexity index is 1050. The quantitative estimate of drug-likeness (QED) is 0.669. The van der Waals surface area contributed by atoms with E-state index in [1.54, 1.807) is 6.07 Å². The fourth-order valence-corrected chi connectivity index (χ4v) is 5.10. The van der Waals surface area contributed by atoms with Crippen LogP contribution in [0.3, 0.4) is 0 Å². The predicted octanol–water partition coefficient (Wildman–Crippen LogP) is 2.57. The molecule has 0 bridgehead atoms. The van der Waals surface area contributed by atoms with E-state index in [0.29, 0.717) is 30.4 Å². The maximum absolute atomic E-state index is 13.1. The van der Waals surface area contributed by atoms with Crippen LogP contribution >= 0.6 is 0 Å². The number of carbonyl (C=O) groups excluding carboxylic acids is 1. The maximum Gasteiger partial charge on any atom is 0.246 e. The topological polar surface area (TPSA) is 119 Å². The Morgan fingerprint density at radius 2 is 1.88 bits per heavy atom. The Balaban J connectivity index is 1.87. The summed E-state index contributed by atoms with van der Waals surface area (Å²) in [4.78, 5) is 12.9. The second-order valence-corrected chi connectivity index (χ2v) is 11.2. The molecule has 1 aromatic carbocycles. The number of rotatable bonds is 7. The molecule has 2 heterocycles. The van der Waals surface area contributed by atoms with Gasteiger partial charge < -0.3 is 10.1 Å². The molecule has 0 aliphatic carbocycles. The zero-order valence-corrected chi connectivity index (χ0v) is 20.1. The van der Waals surface area contributed by atoms with E-state index < -0.39 is 10.0 Å². The first-order chi connectivity index (χ1) is 15.0. The summed E-state index contributed by atoms with van der Waals surface area (Å²) in [6, 6.07) is 4.57. The normalized spacial score (nSPS) is 15.7. The molecule has 0 spiro atoms. The van der Waals surface area contributed by atoms with Crippen LogP contribution in [0.25, 0.3) is 0 Å². The predicted molar refractivity (Wildman–Crippen MR) is 120 cm³/mol. The number of carbonyl (C=O) groups is 1. The van der Waals surface area contributed by atoms with Crippen molar-refractivity contribution < 1.29 is 17.9 Å². The van der Waals surface area contributed by atoms with E-state index in [1.807, 2.05) is 34.6 Å². The second kappa shape index (κ2) is 9.53. The minimum atomic E-state index is -3.65. The van der Waals surface area contributed by atoms with Crippen molar-refractivity contribution in [1.29, 1.82) is 0 Å². The first kappa shape index (κ1) is 24.1. The van der Waals surface area contributed by atoms with Crippen molar-refractivity contribution in [2.75, 3.05) is 18.4 Å². The number of ether oxygens (including phenoxy) is 1. The van der Waals surface area contributed by atoms with Gasteiger partial charge in [0, 0.05) is 18.5 Å². The van der Waals surface area contributed by atoms with Crippen LogP contribution in [0.5, 0.6) is 5.75 Å². The standard InChI is InChI=1S/C21H32N6O4S/c1-15(2)31-18-10-9-16(32(29,30)26-11-7-6-8-12-26)13-17(18)22-19(28)14-27-20(21(3,4)5)23-24-25-27/h9-10,13,15H,6-8,11-12,14H2,1-5H3,(H,22,28). The number of nitrogens with one attached hydrogen (secondary N) is 1. The van der Waals surface area contributed by atoms with Gasteiger partial charge in [-0.25, -0.2) is 13.1 Å². The van der Waals surface area contributed by atoms with E-state index in [0.717, 1.165) is 19.3 Å². The highest BCUT2D eigenvalue weighted by molar-refractivity contribution is 7.89. The summed E-state index contributed by atoms with van der Waals surface area (Å²) < 4.78 is 35.0. The van der Waals surface area contributed by atoms with Crippen LogP contribution < -0.4 is 10.1 Å². The van der Waals surface area contributed by atoms with E-state index in [2.05, 4.69) is 20.8 Å². The summed E-state index contributed by atoms with van der Waals surface area (Å²) in [5.74, 6) is 0.593. The van der Waals surface area contributed by atoms with E-state index >= 15 is 0 Å². The van der Waals surface area contributed by atoms with Gasteiger partial charge in [0.05, 0.1) is 16.7 Å². The lowest BCUT2D eigenvalue weighted by Gasteiger charge is -2.26. The average Bonchev–Trinajstić information content (AvgIpc) is 3.18. The molecule has 176 valence electrons. The van der Waals surface area contributed by atoms with Gasteiger partial charge in [-0.05, 0) is 55.3 Å². The van der Waals surface area contributed by atoms with Crippen LogP contribution in [-0.4, -0.2) is 58.0 Å². The average molecular weight is 465 g/mol. The highest BCUT2D eigenvalue weighted by Gasteiger charge is 2.28. The Hall–Kier alpha value is -2.53. The van der Waals surface area contributed by atoms with Crippen LogP contribution in [0, 0.1) is 0 Å². The van der Waals surface area contributed by atoms with Crippen molar-refractivity contribution >= 4 is 21.6 Å². The molecule has 1 aromatic heterocycles. The van der Waals surface area contributed by atoms with E-state index in [4.69, 9.17) is 4.74 Å². The SMILES string of the molecule is CC(C)Oc1ccc(S(=O)(=O)N2CCCCC2)cc1NC(=O)Cn1nnnc1C(C)(C)C. The molecule has 0 atom stereocenters. The van der Waals surface area contributed by atoms with Crippen molar-refractivity contribution in [3.63, 3.8) is 0 Å². The molecule has 0 saturated carbocycles. The second-order valence-electron chi connectivity index (χ2n) is 9.25. The molecule has 1 aliphatic rings. The van der Waals surface area contributed by atoms with Crippen molar-refractivity contribution in [2.45, 2.75) is 76.8 Å². The molecule has 1 amide bonds. The van der Waals surface area contributed by atoms with Gasteiger partial charge in [0.25, 0.3) is 0 Å². The van der Waals surface area contributed by atoms with Crippen molar-refractivity contribution in [1.82, 2.24) is 24.5 Å². The zero-order chi connectivity index (χ0) is 23.5. The highest BCUT2D eigenvalue weighted by atomic mass is 32.2. The van der Waals surface area contributed by atoms with E-state index in [9.17, 15) is 13.2 Å². The Kier molecular flexibility index (Phi) is 7.19. The molecule has 0 unspecified atom stereocenters. The summed E-state index contributed by atoms with van der Waals surface area (Å²) in [5, 5.41) is 14.4. The Morgan fingerprint density at radius 3 is 2.50 bits per heavy atom. The highest BCUT2D eigenvalue weighted by Crippen LogP contribution is 2.31. The van der Waals surface area contributed by atoms with Crippen molar-refractivity contribution in [3.05, 3.63) is 24.0 Å².